The fourth-order valence-electron chi connectivity index (χ4n) is 2.45. The molecular weight excluding hydrogens is 336 g/mol. The van der Waals surface area contributed by atoms with Crippen LogP contribution in [0.1, 0.15) is 27.9 Å². The van der Waals surface area contributed by atoms with Crippen LogP contribution in [0.15, 0.2) is 35.1 Å². The molecule has 2 aromatic rings. The Bertz CT molecular complexity index is 941. The Morgan fingerprint density at radius 1 is 1.24 bits per heavy atom. The lowest BCUT2D eigenvalue weighted by atomic mass is 10.1. The van der Waals surface area contributed by atoms with Gasteiger partial charge in [-0.3, -0.25) is 15.0 Å². The number of carbonyl (C=O) groups excluding carboxylic acids is 1. The van der Waals surface area contributed by atoms with Gasteiger partial charge in [0.1, 0.15) is 11.6 Å². The molecule has 0 radical (unpaired) electrons. The van der Waals surface area contributed by atoms with Crippen LogP contribution in [0.2, 0.25) is 0 Å². The molecule has 1 amide bonds. The number of aromatic nitrogens is 1. The number of nitrogens with zero attached hydrogens (tertiary/aromatic N) is 2. The van der Waals surface area contributed by atoms with E-state index in [-0.39, 0.29) is 23.0 Å². The van der Waals surface area contributed by atoms with Crippen LogP contribution < -0.4 is 16.3 Å². The third kappa shape index (κ3) is 4.31. The summed E-state index contributed by atoms with van der Waals surface area (Å²) in [5.41, 5.74) is 5.29. The summed E-state index contributed by atoms with van der Waals surface area (Å²) in [6, 6.07) is 11.2. The number of thiocarbonyl (C=S) groups is 1. The molecule has 1 aromatic heterocycles. The van der Waals surface area contributed by atoms with E-state index < -0.39 is 5.56 Å². The third-order valence-corrected chi connectivity index (χ3v) is 3.97. The van der Waals surface area contributed by atoms with Gasteiger partial charge in [-0.05, 0) is 55.7 Å². The number of carbonyl (C=O) groups is 1. The van der Waals surface area contributed by atoms with E-state index in [0.717, 1.165) is 15.8 Å². The Morgan fingerprint density at radius 3 is 2.56 bits per heavy atom. The quantitative estimate of drug-likeness (QED) is 0.821. The number of nitriles is 1. The predicted molar refractivity (Wildman–Crippen MR) is 99.9 cm³/mol. The maximum atomic E-state index is 12.3. The van der Waals surface area contributed by atoms with E-state index in [2.05, 4.69) is 10.7 Å². The number of aryl methyl sites for hydroxylation is 3. The molecule has 0 bridgehead atoms. The number of rotatable bonds is 3. The van der Waals surface area contributed by atoms with Gasteiger partial charge in [0, 0.05) is 5.69 Å². The van der Waals surface area contributed by atoms with Crippen molar-refractivity contribution >= 4 is 23.2 Å². The van der Waals surface area contributed by atoms with Crippen LogP contribution in [0.25, 0.3) is 0 Å². The van der Waals surface area contributed by atoms with Gasteiger partial charge in [-0.1, -0.05) is 24.3 Å². The maximum absolute atomic E-state index is 12.3. The van der Waals surface area contributed by atoms with Crippen molar-refractivity contribution in [3.8, 4) is 6.07 Å². The monoisotopic (exact) mass is 354 g/mol. The van der Waals surface area contributed by atoms with Crippen LogP contribution in [0.5, 0.6) is 0 Å². The van der Waals surface area contributed by atoms with Crippen LogP contribution in [0, 0.1) is 32.1 Å². The topological polar surface area (TPSA) is 86.9 Å². The minimum atomic E-state index is -0.504. The molecule has 128 valence electrons. The van der Waals surface area contributed by atoms with E-state index >= 15 is 0 Å². The molecule has 0 aliphatic carbocycles. The number of pyridine rings is 1. The van der Waals surface area contributed by atoms with Crippen molar-refractivity contribution in [2.75, 3.05) is 5.43 Å². The van der Waals surface area contributed by atoms with E-state index in [1.165, 1.54) is 0 Å². The second-order valence-corrected chi connectivity index (χ2v) is 6.10. The smallest absolute Gasteiger partial charge is 0.287 e. The maximum Gasteiger partial charge on any atom is 0.287 e. The van der Waals surface area contributed by atoms with Crippen molar-refractivity contribution in [1.29, 1.82) is 5.26 Å². The lowest BCUT2D eigenvalue weighted by molar-refractivity contribution is -0.119. The molecule has 7 heteroatoms. The highest BCUT2D eigenvalue weighted by atomic mass is 32.1. The van der Waals surface area contributed by atoms with E-state index in [4.69, 9.17) is 17.5 Å². The zero-order valence-corrected chi connectivity index (χ0v) is 15.0. The van der Waals surface area contributed by atoms with E-state index in [1.54, 1.807) is 19.9 Å². The highest BCUT2D eigenvalue weighted by Crippen LogP contribution is 2.07. The SMILES string of the molecule is Cc1ccccc1CC(=O)NC(=S)Nn1c(C)cc(C)c(C#N)c1=O. The molecule has 0 saturated heterocycles. The Morgan fingerprint density at radius 2 is 1.92 bits per heavy atom. The first-order chi connectivity index (χ1) is 11.8. The molecular formula is C18H18N4O2S. The first kappa shape index (κ1) is 18.4. The first-order valence-corrected chi connectivity index (χ1v) is 8.03. The number of hydrogen-bond acceptors (Lipinski definition) is 4. The van der Waals surface area contributed by atoms with Gasteiger partial charge in [0.05, 0.1) is 6.42 Å². The molecule has 0 aliphatic rings. The molecule has 1 heterocycles. The van der Waals surface area contributed by atoms with Gasteiger partial charge in [0.2, 0.25) is 5.91 Å². The molecule has 0 fully saturated rings. The number of nitrogens with one attached hydrogen (secondary N) is 2. The highest BCUT2D eigenvalue weighted by Gasteiger charge is 2.12. The summed E-state index contributed by atoms with van der Waals surface area (Å²) in [5, 5.41) is 11.6. The van der Waals surface area contributed by atoms with Gasteiger partial charge < -0.3 is 5.32 Å². The Kier molecular flexibility index (Phi) is 5.67. The van der Waals surface area contributed by atoms with E-state index in [9.17, 15) is 9.59 Å². The van der Waals surface area contributed by atoms with Crippen molar-refractivity contribution < 1.29 is 4.79 Å². The van der Waals surface area contributed by atoms with E-state index in [0.29, 0.717) is 11.3 Å². The van der Waals surface area contributed by atoms with Crippen LogP contribution in [0.3, 0.4) is 0 Å². The van der Waals surface area contributed by atoms with Gasteiger partial charge in [-0.15, -0.1) is 0 Å². The van der Waals surface area contributed by atoms with Gasteiger partial charge in [0.15, 0.2) is 5.11 Å². The number of benzene rings is 1. The molecule has 0 unspecified atom stereocenters. The lowest BCUT2D eigenvalue weighted by Crippen LogP contribution is -2.43. The molecule has 25 heavy (non-hydrogen) atoms. The number of hydrogen-bond donors (Lipinski definition) is 2. The van der Waals surface area contributed by atoms with Gasteiger partial charge in [-0.2, -0.15) is 5.26 Å². The van der Waals surface area contributed by atoms with E-state index in [1.807, 2.05) is 37.3 Å². The fourth-order valence-corrected chi connectivity index (χ4v) is 2.65. The van der Waals surface area contributed by atoms with Crippen molar-refractivity contribution in [2.45, 2.75) is 27.2 Å². The van der Waals surface area contributed by atoms with Crippen molar-refractivity contribution in [3.63, 3.8) is 0 Å². The summed E-state index contributed by atoms with van der Waals surface area (Å²) < 4.78 is 1.15. The minimum absolute atomic E-state index is 0.00322. The molecule has 0 saturated carbocycles. The summed E-state index contributed by atoms with van der Waals surface area (Å²) >= 11 is 5.11. The molecule has 6 nitrogen and oxygen atoms in total. The van der Waals surface area contributed by atoms with Crippen LogP contribution >= 0.6 is 12.2 Å². The molecule has 0 spiro atoms. The first-order valence-electron chi connectivity index (χ1n) is 7.62. The van der Waals surface area contributed by atoms with Crippen LogP contribution in [0.4, 0.5) is 0 Å². The average Bonchev–Trinajstić information content (AvgIpc) is 2.54. The number of amides is 1. The molecule has 2 rings (SSSR count). The van der Waals surface area contributed by atoms with Crippen molar-refractivity contribution in [3.05, 3.63) is 68.6 Å². The Labute approximate surface area is 151 Å². The fraction of sp³-hybridized carbons (Fsp3) is 0.222. The summed E-state index contributed by atoms with van der Waals surface area (Å²) in [4.78, 5) is 24.4. The predicted octanol–water partition coefficient (Wildman–Crippen LogP) is 1.83. The average molecular weight is 354 g/mol. The molecule has 1 aromatic carbocycles. The van der Waals surface area contributed by atoms with Crippen molar-refractivity contribution in [2.24, 2.45) is 0 Å². The largest absolute Gasteiger partial charge is 0.302 e. The molecule has 0 atom stereocenters. The normalized spacial score (nSPS) is 10.0. The minimum Gasteiger partial charge on any atom is -0.302 e. The standard InChI is InChI=1S/C18H18N4O2S/c1-11-6-4-5-7-14(11)9-16(23)20-18(25)21-22-13(3)8-12(2)15(10-19)17(22)24/h4-8H,9H2,1-3H3,(H2,20,21,23,25). The lowest BCUT2D eigenvalue weighted by Gasteiger charge is -2.15. The van der Waals surface area contributed by atoms with Crippen LogP contribution in [-0.4, -0.2) is 15.7 Å². The summed E-state index contributed by atoms with van der Waals surface area (Å²) in [7, 11) is 0. The Balaban J connectivity index is 2.11. The summed E-state index contributed by atoms with van der Waals surface area (Å²) in [5.74, 6) is -0.287. The highest BCUT2D eigenvalue weighted by molar-refractivity contribution is 7.80. The third-order valence-electron chi connectivity index (χ3n) is 3.78. The molecule has 2 N–H and O–H groups in total. The van der Waals surface area contributed by atoms with Crippen molar-refractivity contribution in [1.82, 2.24) is 9.99 Å². The van der Waals surface area contributed by atoms with Gasteiger partial charge >= 0.3 is 0 Å². The second kappa shape index (κ2) is 7.73. The summed E-state index contributed by atoms with van der Waals surface area (Å²) in [6.45, 7) is 5.33. The zero-order chi connectivity index (χ0) is 18.6. The summed E-state index contributed by atoms with van der Waals surface area (Å²) in [6.07, 6.45) is 0.180. The Hall–Kier alpha value is -2.98. The van der Waals surface area contributed by atoms with Gasteiger partial charge in [0.25, 0.3) is 5.56 Å². The van der Waals surface area contributed by atoms with Gasteiger partial charge in [-0.25, -0.2) is 4.68 Å². The second-order valence-electron chi connectivity index (χ2n) is 5.69. The molecule has 0 aliphatic heterocycles. The zero-order valence-electron chi connectivity index (χ0n) is 14.2. The van der Waals surface area contributed by atoms with Crippen LogP contribution in [-0.2, 0) is 11.2 Å².